The molecule has 1 atom stereocenters. The van der Waals surface area contributed by atoms with Gasteiger partial charge in [0.05, 0.1) is 23.9 Å². The topological polar surface area (TPSA) is 67.4 Å². The van der Waals surface area contributed by atoms with E-state index in [1.54, 1.807) is 0 Å². The zero-order valence-electron chi connectivity index (χ0n) is 14.3. The molecule has 0 aromatic heterocycles. The van der Waals surface area contributed by atoms with Crippen molar-refractivity contribution in [1.82, 2.24) is 0 Å². The molecule has 24 heavy (non-hydrogen) atoms. The van der Waals surface area contributed by atoms with Gasteiger partial charge in [0.25, 0.3) is 0 Å². The molecule has 1 aliphatic carbocycles. The van der Waals surface area contributed by atoms with Crippen molar-refractivity contribution in [3.8, 4) is 0 Å². The molecule has 3 rings (SSSR count). The number of rotatable bonds is 4. The number of ether oxygens (including phenoxy) is 1. The van der Waals surface area contributed by atoms with E-state index in [1.165, 1.54) is 6.42 Å². The van der Waals surface area contributed by atoms with Crippen LogP contribution in [0.2, 0.25) is 0 Å². The number of carbonyl (C=O) groups excluding carboxylic acids is 2. The number of hydrogen-bond acceptors (Lipinski definition) is 3. The van der Waals surface area contributed by atoms with Crippen LogP contribution in [-0.2, 0) is 14.3 Å². The molecule has 0 bridgehead atoms. The van der Waals surface area contributed by atoms with Crippen molar-refractivity contribution in [3.05, 3.63) is 23.8 Å². The molecular weight excluding hydrogens is 304 g/mol. The third kappa shape index (κ3) is 4.15. The van der Waals surface area contributed by atoms with Gasteiger partial charge in [-0.1, -0.05) is 25.3 Å². The van der Waals surface area contributed by atoms with Gasteiger partial charge in [0.2, 0.25) is 11.8 Å². The van der Waals surface area contributed by atoms with Gasteiger partial charge in [-0.2, -0.15) is 0 Å². The van der Waals surface area contributed by atoms with E-state index >= 15 is 0 Å². The molecule has 0 unspecified atom stereocenters. The van der Waals surface area contributed by atoms with Crippen LogP contribution in [0.15, 0.2) is 18.2 Å². The van der Waals surface area contributed by atoms with Crippen molar-refractivity contribution in [3.63, 3.8) is 0 Å². The van der Waals surface area contributed by atoms with Crippen LogP contribution in [0.25, 0.3) is 0 Å². The Morgan fingerprint density at radius 2 is 1.67 bits per heavy atom. The number of carbonyl (C=O) groups is 2. The fraction of sp³-hybridized carbons (Fsp3) is 0.579. The van der Waals surface area contributed by atoms with Crippen molar-refractivity contribution in [2.75, 3.05) is 23.8 Å². The fourth-order valence-electron chi connectivity index (χ4n) is 3.45. The van der Waals surface area contributed by atoms with Gasteiger partial charge in [0.15, 0.2) is 0 Å². The molecule has 1 heterocycles. The summed E-state index contributed by atoms with van der Waals surface area (Å²) in [5.74, 6) is 0.0174. The average molecular weight is 330 g/mol. The Kier molecular flexibility index (Phi) is 5.51. The standard InChI is InChI=1S/C19H26N2O3/c1-13-7-8-16(20-18(22)14-5-3-2-4-6-14)17(11-13)21-19(23)15-9-10-24-12-15/h7-8,11,14-15H,2-6,9-10,12H2,1H3,(H,20,22)(H,21,23)/t15-/m1/s1. The summed E-state index contributed by atoms with van der Waals surface area (Å²) in [6, 6.07) is 5.73. The van der Waals surface area contributed by atoms with Crippen LogP contribution in [0, 0.1) is 18.8 Å². The highest BCUT2D eigenvalue weighted by atomic mass is 16.5. The molecule has 2 amide bonds. The van der Waals surface area contributed by atoms with Gasteiger partial charge in [-0.05, 0) is 43.9 Å². The Morgan fingerprint density at radius 1 is 0.958 bits per heavy atom. The highest BCUT2D eigenvalue weighted by Gasteiger charge is 2.25. The minimum absolute atomic E-state index is 0.0359. The maximum atomic E-state index is 12.5. The maximum absolute atomic E-state index is 12.5. The molecule has 0 radical (unpaired) electrons. The maximum Gasteiger partial charge on any atom is 0.229 e. The summed E-state index contributed by atoms with van der Waals surface area (Å²) in [5, 5.41) is 5.99. The van der Waals surface area contributed by atoms with E-state index in [1.807, 2.05) is 25.1 Å². The third-order valence-corrected chi connectivity index (χ3v) is 4.97. The summed E-state index contributed by atoms with van der Waals surface area (Å²) < 4.78 is 5.28. The van der Waals surface area contributed by atoms with Gasteiger partial charge in [-0.15, -0.1) is 0 Å². The predicted molar refractivity (Wildman–Crippen MR) is 93.9 cm³/mol. The monoisotopic (exact) mass is 330 g/mol. The number of aryl methyl sites for hydroxylation is 1. The number of hydrogen-bond donors (Lipinski definition) is 2. The zero-order valence-corrected chi connectivity index (χ0v) is 14.3. The zero-order chi connectivity index (χ0) is 16.9. The summed E-state index contributed by atoms with van der Waals surface area (Å²) in [6.07, 6.45) is 6.13. The summed E-state index contributed by atoms with van der Waals surface area (Å²) in [7, 11) is 0. The largest absolute Gasteiger partial charge is 0.381 e. The van der Waals surface area contributed by atoms with Crippen molar-refractivity contribution in [1.29, 1.82) is 0 Å². The first-order valence-corrected chi connectivity index (χ1v) is 8.93. The van der Waals surface area contributed by atoms with Crippen LogP contribution in [-0.4, -0.2) is 25.0 Å². The minimum atomic E-state index is -0.104. The van der Waals surface area contributed by atoms with E-state index in [0.717, 1.165) is 37.7 Å². The summed E-state index contributed by atoms with van der Waals surface area (Å²) in [6.45, 7) is 3.08. The Hall–Kier alpha value is -1.88. The average Bonchev–Trinajstić information content (AvgIpc) is 3.13. The van der Waals surface area contributed by atoms with Crippen LogP contribution in [0.5, 0.6) is 0 Å². The molecule has 2 N–H and O–H groups in total. The lowest BCUT2D eigenvalue weighted by atomic mass is 9.88. The van der Waals surface area contributed by atoms with Gasteiger partial charge < -0.3 is 15.4 Å². The molecular formula is C19H26N2O3. The van der Waals surface area contributed by atoms with Crippen molar-refractivity contribution in [2.24, 2.45) is 11.8 Å². The highest BCUT2D eigenvalue weighted by Crippen LogP contribution is 2.28. The molecule has 1 aliphatic heterocycles. The number of nitrogens with one attached hydrogen (secondary N) is 2. The van der Waals surface area contributed by atoms with Crippen LogP contribution in [0.1, 0.15) is 44.1 Å². The lowest BCUT2D eigenvalue weighted by Crippen LogP contribution is -2.27. The minimum Gasteiger partial charge on any atom is -0.381 e. The lowest BCUT2D eigenvalue weighted by molar-refractivity contribution is -0.121. The smallest absolute Gasteiger partial charge is 0.229 e. The van der Waals surface area contributed by atoms with Crippen LogP contribution in [0.3, 0.4) is 0 Å². The van der Waals surface area contributed by atoms with Crippen molar-refractivity contribution < 1.29 is 14.3 Å². The Balaban J connectivity index is 1.70. The van der Waals surface area contributed by atoms with Gasteiger partial charge in [0, 0.05) is 12.5 Å². The second-order valence-corrected chi connectivity index (χ2v) is 6.92. The van der Waals surface area contributed by atoms with E-state index < -0.39 is 0 Å². The molecule has 2 aliphatic rings. The number of anilines is 2. The quantitative estimate of drug-likeness (QED) is 0.888. The highest BCUT2D eigenvalue weighted by molar-refractivity contribution is 6.01. The van der Waals surface area contributed by atoms with E-state index in [4.69, 9.17) is 4.74 Å². The van der Waals surface area contributed by atoms with Gasteiger partial charge >= 0.3 is 0 Å². The predicted octanol–water partition coefficient (Wildman–Crippen LogP) is 3.49. The van der Waals surface area contributed by atoms with Crippen LogP contribution >= 0.6 is 0 Å². The first-order valence-electron chi connectivity index (χ1n) is 8.93. The molecule has 1 saturated heterocycles. The Labute approximate surface area is 143 Å². The molecule has 2 fully saturated rings. The SMILES string of the molecule is Cc1ccc(NC(=O)C2CCCCC2)c(NC(=O)[C@@H]2CCOC2)c1. The molecule has 130 valence electrons. The molecule has 0 spiro atoms. The van der Waals surface area contributed by atoms with Crippen molar-refractivity contribution in [2.45, 2.75) is 45.4 Å². The molecule has 1 aromatic rings. The van der Waals surface area contributed by atoms with Crippen LogP contribution < -0.4 is 10.6 Å². The molecule has 1 aromatic carbocycles. The first kappa shape index (κ1) is 17.0. The number of amides is 2. The van der Waals surface area contributed by atoms with E-state index in [9.17, 15) is 9.59 Å². The molecule has 5 heteroatoms. The Bertz CT molecular complexity index is 603. The summed E-state index contributed by atoms with van der Waals surface area (Å²) >= 11 is 0. The Morgan fingerprint density at radius 3 is 2.38 bits per heavy atom. The number of benzene rings is 1. The lowest BCUT2D eigenvalue weighted by Gasteiger charge is -2.22. The molecule has 5 nitrogen and oxygen atoms in total. The second kappa shape index (κ2) is 7.79. The van der Waals surface area contributed by atoms with Gasteiger partial charge in [-0.25, -0.2) is 0 Å². The van der Waals surface area contributed by atoms with E-state index in [2.05, 4.69) is 10.6 Å². The fourth-order valence-corrected chi connectivity index (χ4v) is 3.45. The van der Waals surface area contributed by atoms with E-state index in [-0.39, 0.29) is 23.7 Å². The van der Waals surface area contributed by atoms with Crippen LogP contribution in [0.4, 0.5) is 11.4 Å². The first-order chi connectivity index (χ1) is 11.6. The third-order valence-electron chi connectivity index (χ3n) is 4.97. The second-order valence-electron chi connectivity index (χ2n) is 6.92. The van der Waals surface area contributed by atoms with Crippen molar-refractivity contribution >= 4 is 23.2 Å². The van der Waals surface area contributed by atoms with Gasteiger partial charge in [0.1, 0.15) is 0 Å². The molecule has 1 saturated carbocycles. The summed E-state index contributed by atoms with van der Waals surface area (Å²) in [4.78, 5) is 24.9. The van der Waals surface area contributed by atoms with E-state index in [0.29, 0.717) is 24.6 Å². The van der Waals surface area contributed by atoms with Gasteiger partial charge in [-0.3, -0.25) is 9.59 Å². The summed E-state index contributed by atoms with van der Waals surface area (Å²) in [5.41, 5.74) is 2.41. The normalized spacial score (nSPS) is 21.5.